The zero-order chi connectivity index (χ0) is 17.4. The standard InChI is InChI=1S/C15H23ClN4O2S2.HI/c1-17-15(18-7-10-20-9-2-12-24(20,21)22)19-8-11-23-14-5-3-13(16)4-6-14;/h3-6H,2,7-12H2,1H3,(H2,17,18,19);1H. The van der Waals surface area contributed by atoms with Gasteiger partial charge in [-0.3, -0.25) is 4.99 Å². The summed E-state index contributed by atoms with van der Waals surface area (Å²) in [5, 5.41) is 7.11. The van der Waals surface area contributed by atoms with E-state index in [1.165, 1.54) is 9.20 Å². The lowest BCUT2D eigenvalue weighted by Crippen LogP contribution is -2.42. The van der Waals surface area contributed by atoms with Crippen molar-refractivity contribution in [2.75, 3.05) is 44.7 Å². The summed E-state index contributed by atoms with van der Waals surface area (Å²) >= 11 is 7.59. The highest BCUT2D eigenvalue weighted by molar-refractivity contribution is 14.0. The third kappa shape index (κ3) is 7.90. The van der Waals surface area contributed by atoms with Gasteiger partial charge in [0.15, 0.2) is 5.96 Å². The fraction of sp³-hybridized carbons (Fsp3) is 0.533. The normalized spacial score (nSPS) is 17.1. The number of thioether (sulfide) groups is 1. The van der Waals surface area contributed by atoms with Crippen LogP contribution in [0, 0.1) is 0 Å². The Bertz CT molecular complexity index is 656. The molecule has 0 saturated carbocycles. The molecule has 1 aromatic rings. The van der Waals surface area contributed by atoms with Gasteiger partial charge in [0.1, 0.15) is 0 Å². The van der Waals surface area contributed by atoms with Crippen LogP contribution < -0.4 is 10.6 Å². The smallest absolute Gasteiger partial charge is 0.214 e. The summed E-state index contributed by atoms with van der Waals surface area (Å²) in [5.74, 6) is 1.84. The van der Waals surface area contributed by atoms with Crippen LogP contribution in [0.4, 0.5) is 0 Å². The SMILES string of the molecule is CN=C(NCCSc1ccc(Cl)cc1)NCCN1CCCS1(=O)=O.I. The van der Waals surface area contributed by atoms with Crippen molar-refractivity contribution in [3.8, 4) is 0 Å². The molecule has 0 atom stereocenters. The van der Waals surface area contributed by atoms with Crippen LogP contribution in [0.5, 0.6) is 0 Å². The molecule has 142 valence electrons. The maximum atomic E-state index is 11.7. The van der Waals surface area contributed by atoms with E-state index in [9.17, 15) is 8.42 Å². The largest absolute Gasteiger partial charge is 0.356 e. The zero-order valence-electron chi connectivity index (χ0n) is 14.1. The molecule has 1 aliphatic heterocycles. The molecule has 0 bridgehead atoms. The van der Waals surface area contributed by atoms with Gasteiger partial charge in [-0.25, -0.2) is 12.7 Å². The van der Waals surface area contributed by atoms with Crippen LogP contribution in [0.25, 0.3) is 0 Å². The quantitative estimate of drug-likeness (QED) is 0.190. The Hall–Kier alpha value is -0.230. The molecule has 1 heterocycles. The monoisotopic (exact) mass is 518 g/mol. The summed E-state index contributed by atoms with van der Waals surface area (Å²) < 4.78 is 25.0. The molecule has 0 aromatic heterocycles. The average molecular weight is 519 g/mol. The molecule has 6 nitrogen and oxygen atoms in total. The molecule has 1 fully saturated rings. The third-order valence-electron chi connectivity index (χ3n) is 3.56. The van der Waals surface area contributed by atoms with Gasteiger partial charge in [-0.15, -0.1) is 35.7 Å². The Labute approximate surface area is 176 Å². The number of halogens is 2. The minimum Gasteiger partial charge on any atom is -0.356 e. The second kappa shape index (κ2) is 11.5. The molecule has 1 aromatic carbocycles. The molecule has 1 saturated heterocycles. The van der Waals surface area contributed by atoms with E-state index in [0.29, 0.717) is 25.6 Å². The van der Waals surface area contributed by atoms with Gasteiger partial charge < -0.3 is 10.6 Å². The van der Waals surface area contributed by atoms with E-state index in [4.69, 9.17) is 11.6 Å². The maximum absolute atomic E-state index is 11.7. The number of sulfonamides is 1. The highest BCUT2D eigenvalue weighted by Gasteiger charge is 2.27. The second-order valence-electron chi connectivity index (χ2n) is 5.30. The van der Waals surface area contributed by atoms with Crippen molar-refractivity contribution in [2.24, 2.45) is 4.99 Å². The van der Waals surface area contributed by atoms with Crippen molar-refractivity contribution in [3.05, 3.63) is 29.3 Å². The predicted molar refractivity (Wildman–Crippen MR) is 117 cm³/mol. The minimum absolute atomic E-state index is 0. The van der Waals surface area contributed by atoms with Gasteiger partial charge in [0.25, 0.3) is 0 Å². The Balaban J connectivity index is 0.00000312. The van der Waals surface area contributed by atoms with Gasteiger partial charge in [-0.1, -0.05) is 11.6 Å². The van der Waals surface area contributed by atoms with Crippen LogP contribution >= 0.6 is 47.3 Å². The van der Waals surface area contributed by atoms with Gasteiger partial charge in [0, 0.05) is 48.9 Å². The Morgan fingerprint density at radius 2 is 1.96 bits per heavy atom. The van der Waals surface area contributed by atoms with Gasteiger partial charge in [-0.2, -0.15) is 0 Å². The van der Waals surface area contributed by atoms with E-state index < -0.39 is 10.0 Å². The van der Waals surface area contributed by atoms with Gasteiger partial charge in [0.2, 0.25) is 10.0 Å². The molecule has 0 spiro atoms. The van der Waals surface area contributed by atoms with Crippen LogP contribution in [-0.2, 0) is 10.0 Å². The van der Waals surface area contributed by atoms with Crippen molar-refractivity contribution in [2.45, 2.75) is 11.3 Å². The first kappa shape index (κ1) is 22.8. The van der Waals surface area contributed by atoms with Crippen molar-refractivity contribution in [1.29, 1.82) is 0 Å². The highest BCUT2D eigenvalue weighted by Crippen LogP contribution is 2.19. The summed E-state index contributed by atoms with van der Waals surface area (Å²) in [4.78, 5) is 5.31. The molecule has 2 N–H and O–H groups in total. The van der Waals surface area contributed by atoms with E-state index in [1.807, 2.05) is 24.3 Å². The lowest BCUT2D eigenvalue weighted by Gasteiger charge is -2.16. The molecule has 0 amide bonds. The summed E-state index contributed by atoms with van der Waals surface area (Å²) in [5.41, 5.74) is 0. The van der Waals surface area contributed by atoms with E-state index in [-0.39, 0.29) is 29.7 Å². The van der Waals surface area contributed by atoms with Crippen molar-refractivity contribution < 1.29 is 8.42 Å². The van der Waals surface area contributed by atoms with Crippen LogP contribution in [0.2, 0.25) is 5.02 Å². The topological polar surface area (TPSA) is 73.8 Å². The summed E-state index contributed by atoms with van der Waals surface area (Å²) in [6, 6.07) is 7.75. The van der Waals surface area contributed by atoms with E-state index in [1.54, 1.807) is 18.8 Å². The van der Waals surface area contributed by atoms with Crippen molar-refractivity contribution in [3.63, 3.8) is 0 Å². The maximum Gasteiger partial charge on any atom is 0.214 e. The van der Waals surface area contributed by atoms with E-state index in [2.05, 4.69) is 15.6 Å². The first-order valence-electron chi connectivity index (χ1n) is 7.82. The molecular weight excluding hydrogens is 495 g/mol. The molecule has 2 rings (SSSR count). The van der Waals surface area contributed by atoms with Crippen LogP contribution in [0.3, 0.4) is 0 Å². The van der Waals surface area contributed by atoms with Crippen molar-refractivity contribution in [1.82, 2.24) is 14.9 Å². The van der Waals surface area contributed by atoms with Crippen molar-refractivity contribution >= 4 is 63.3 Å². The number of hydrogen-bond donors (Lipinski definition) is 2. The number of benzene rings is 1. The highest BCUT2D eigenvalue weighted by atomic mass is 127. The number of nitrogens with one attached hydrogen (secondary N) is 2. The Kier molecular flexibility index (Phi) is 10.5. The van der Waals surface area contributed by atoms with Crippen LogP contribution in [-0.4, -0.2) is 63.4 Å². The summed E-state index contributed by atoms with van der Waals surface area (Å²) in [6.45, 7) is 2.40. The predicted octanol–water partition coefficient (Wildman–Crippen LogP) is 2.25. The lowest BCUT2D eigenvalue weighted by molar-refractivity contribution is 0.445. The fourth-order valence-corrected chi connectivity index (χ4v) is 4.75. The molecule has 10 heteroatoms. The number of guanidine groups is 1. The number of aliphatic imine (C=N–C) groups is 1. The minimum atomic E-state index is -3.03. The fourth-order valence-electron chi connectivity index (χ4n) is 2.33. The first-order valence-corrected chi connectivity index (χ1v) is 10.8. The van der Waals surface area contributed by atoms with Gasteiger partial charge in [-0.05, 0) is 30.7 Å². The van der Waals surface area contributed by atoms with E-state index in [0.717, 1.165) is 23.7 Å². The first-order chi connectivity index (χ1) is 11.5. The average Bonchev–Trinajstić information content (AvgIpc) is 2.90. The third-order valence-corrected chi connectivity index (χ3v) is 6.78. The number of rotatable bonds is 7. The molecule has 0 aliphatic carbocycles. The van der Waals surface area contributed by atoms with E-state index >= 15 is 0 Å². The molecule has 1 aliphatic rings. The van der Waals surface area contributed by atoms with Crippen LogP contribution in [0.1, 0.15) is 6.42 Å². The zero-order valence-corrected chi connectivity index (χ0v) is 18.8. The molecule has 25 heavy (non-hydrogen) atoms. The molecule has 0 unspecified atom stereocenters. The number of nitrogens with zero attached hydrogens (tertiary/aromatic N) is 2. The number of hydrogen-bond acceptors (Lipinski definition) is 4. The van der Waals surface area contributed by atoms with Gasteiger partial charge >= 0.3 is 0 Å². The summed E-state index contributed by atoms with van der Waals surface area (Å²) in [6.07, 6.45) is 0.719. The molecular formula is C15H24ClIN4O2S2. The second-order valence-corrected chi connectivity index (χ2v) is 8.99. The van der Waals surface area contributed by atoms with Gasteiger partial charge in [0.05, 0.1) is 5.75 Å². The summed E-state index contributed by atoms with van der Waals surface area (Å²) in [7, 11) is -1.32. The lowest BCUT2D eigenvalue weighted by atomic mass is 10.4. The molecule has 0 radical (unpaired) electrons. The van der Waals surface area contributed by atoms with Crippen LogP contribution in [0.15, 0.2) is 34.2 Å². The Morgan fingerprint density at radius 1 is 1.28 bits per heavy atom. The Morgan fingerprint density at radius 3 is 2.56 bits per heavy atom.